The summed E-state index contributed by atoms with van der Waals surface area (Å²) in [5.41, 5.74) is 1.65. The van der Waals surface area contributed by atoms with Gasteiger partial charge in [-0.15, -0.1) is 24.0 Å². The van der Waals surface area contributed by atoms with E-state index in [1.54, 1.807) is 54.7 Å². The number of likely N-dealkylation sites (N-methyl/N-ethyl adjacent to an activating group) is 1. The lowest BCUT2D eigenvalue weighted by molar-refractivity contribution is -0.127. The van der Waals surface area contributed by atoms with Crippen molar-refractivity contribution >= 4 is 41.5 Å². The molecule has 0 atom stereocenters. The van der Waals surface area contributed by atoms with Crippen LogP contribution in [0.3, 0.4) is 0 Å². The summed E-state index contributed by atoms with van der Waals surface area (Å²) in [6, 6.07) is 11.1. The van der Waals surface area contributed by atoms with E-state index in [0.29, 0.717) is 35.4 Å². The van der Waals surface area contributed by atoms with Crippen LogP contribution in [-0.4, -0.2) is 65.8 Å². The van der Waals surface area contributed by atoms with Gasteiger partial charge in [0, 0.05) is 31.9 Å². The molecule has 2 aromatic carbocycles. The molecule has 0 aliphatic rings. The van der Waals surface area contributed by atoms with Crippen molar-refractivity contribution in [3.05, 3.63) is 42.0 Å². The van der Waals surface area contributed by atoms with Crippen LogP contribution in [0.2, 0.25) is 0 Å². The zero-order chi connectivity index (χ0) is 22.8. The normalized spacial score (nSPS) is 10.5. The summed E-state index contributed by atoms with van der Waals surface area (Å²) in [5, 5.41) is 6.25. The molecule has 0 spiro atoms. The average molecular weight is 558 g/mol. The fourth-order valence-corrected chi connectivity index (χ4v) is 2.65. The van der Waals surface area contributed by atoms with Crippen molar-refractivity contribution < 1.29 is 23.7 Å². The van der Waals surface area contributed by atoms with Gasteiger partial charge in [0.2, 0.25) is 11.7 Å². The molecule has 9 nitrogen and oxygen atoms in total. The van der Waals surface area contributed by atoms with E-state index in [1.807, 2.05) is 24.3 Å². The third kappa shape index (κ3) is 7.66. The summed E-state index contributed by atoms with van der Waals surface area (Å²) in [6.07, 6.45) is 0. The quantitative estimate of drug-likeness (QED) is 0.278. The Morgan fingerprint density at radius 3 is 2.00 bits per heavy atom. The minimum atomic E-state index is -0.0798. The lowest BCUT2D eigenvalue weighted by Gasteiger charge is -2.17. The third-order valence-electron chi connectivity index (χ3n) is 4.41. The standard InChI is InChI=1S/C22H30N4O5.HI/c1-26(2)20(27)14-24-22(23-13-15-7-9-17(28-3)10-8-15)25-16-11-18(29-4)21(31-6)19(12-16)30-5;/h7-12H,13-14H2,1-6H3,(H2,23,24,25);1H. The van der Waals surface area contributed by atoms with Crippen LogP contribution in [0.5, 0.6) is 23.0 Å². The molecular weight excluding hydrogens is 527 g/mol. The second-order valence-corrected chi connectivity index (χ2v) is 6.69. The number of hydrogen-bond acceptors (Lipinski definition) is 6. The number of nitrogens with one attached hydrogen (secondary N) is 2. The lowest BCUT2D eigenvalue weighted by Crippen LogP contribution is -2.39. The maximum Gasteiger partial charge on any atom is 0.241 e. The third-order valence-corrected chi connectivity index (χ3v) is 4.41. The molecule has 0 heterocycles. The molecule has 0 aromatic heterocycles. The monoisotopic (exact) mass is 558 g/mol. The van der Waals surface area contributed by atoms with Gasteiger partial charge in [0.1, 0.15) is 5.75 Å². The first-order chi connectivity index (χ1) is 14.9. The highest BCUT2D eigenvalue weighted by molar-refractivity contribution is 14.0. The van der Waals surface area contributed by atoms with Gasteiger partial charge in [-0.1, -0.05) is 12.1 Å². The summed E-state index contributed by atoms with van der Waals surface area (Å²) < 4.78 is 21.4. The number of aliphatic imine (C=N–C) groups is 1. The molecule has 2 aromatic rings. The first-order valence-electron chi connectivity index (χ1n) is 9.60. The fourth-order valence-electron chi connectivity index (χ4n) is 2.65. The molecule has 32 heavy (non-hydrogen) atoms. The Morgan fingerprint density at radius 1 is 0.938 bits per heavy atom. The minimum absolute atomic E-state index is 0. The topological polar surface area (TPSA) is 93.7 Å². The van der Waals surface area contributed by atoms with Gasteiger partial charge in [-0.25, -0.2) is 4.99 Å². The second-order valence-electron chi connectivity index (χ2n) is 6.69. The van der Waals surface area contributed by atoms with E-state index in [1.165, 1.54) is 4.90 Å². The average Bonchev–Trinajstić information content (AvgIpc) is 2.79. The van der Waals surface area contributed by atoms with Gasteiger partial charge in [-0.2, -0.15) is 0 Å². The van der Waals surface area contributed by atoms with E-state index in [0.717, 1.165) is 11.3 Å². The maximum absolute atomic E-state index is 12.0. The van der Waals surface area contributed by atoms with Crippen LogP contribution < -0.4 is 29.6 Å². The molecule has 0 aliphatic heterocycles. The second kappa shape index (κ2) is 13.5. The highest BCUT2D eigenvalue weighted by Crippen LogP contribution is 2.39. The van der Waals surface area contributed by atoms with E-state index in [2.05, 4.69) is 15.6 Å². The van der Waals surface area contributed by atoms with E-state index in [9.17, 15) is 4.79 Å². The highest BCUT2D eigenvalue weighted by Gasteiger charge is 2.14. The smallest absolute Gasteiger partial charge is 0.241 e. The Kier molecular flexibility index (Phi) is 11.5. The van der Waals surface area contributed by atoms with Crippen LogP contribution in [-0.2, 0) is 11.3 Å². The van der Waals surface area contributed by atoms with Gasteiger partial charge < -0.3 is 34.5 Å². The number of hydrogen-bond donors (Lipinski definition) is 2. The Morgan fingerprint density at radius 2 is 1.53 bits per heavy atom. The van der Waals surface area contributed by atoms with E-state index >= 15 is 0 Å². The number of ether oxygens (including phenoxy) is 4. The summed E-state index contributed by atoms with van der Waals surface area (Å²) in [5.74, 6) is 2.62. The summed E-state index contributed by atoms with van der Waals surface area (Å²) >= 11 is 0. The number of anilines is 1. The number of rotatable bonds is 9. The first-order valence-corrected chi connectivity index (χ1v) is 9.60. The van der Waals surface area contributed by atoms with Crippen molar-refractivity contribution in [1.82, 2.24) is 10.2 Å². The summed E-state index contributed by atoms with van der Waals surface area (Å²) in [4.78, 5) is 18.1. The summed E-state index contributed by atoms with van der Waals surface area (Å²) in [7, 11) is 9.67. The number of benzene rings is 2. The van der Waals surface area contributed by atoms with Crippen molar-refractivity contribution in [2.45, 2.75) is 6.54 Å². The molecule has 1 amide bonds. The predicted molar refractivity (Wildman–Crippen MR) is 136 cm³/mol. The van der Waals surface area contributed by atoms with Crippen LogP contribution in [0.1, 0.15) is 5.56 Å². The largest absolute Gasteiger partial charge is 0.497 e. The number of carbonyl (C=O) groups is 1. The molecule has 0 unspecified atom stereocenters. The van der Waals surface area contributed by atoms with Crippen LogP contribution in [0.15, 0.2) is 41.4 Å². The lowest BCUT2D eigenvalue weighted by atomic mass is 10.2. The Bertz CT molecular complexity index is 879. The van der Waals surface area contributed by atoms with E-state index < -0.39 is 0 Å². The molecule has 0 bridgehead atoms. The molecule has 0 aliphatic carbocycles. The van der Waals surface area contributed by atoms with Gasteiger partial charge in [-0.3, -0.25) is 4.79 Å². The van der Waals surface area contributed by atoms with Crippen molar-refractivity contribution in [3.63, 3.8) is 0 Å². The fraction of sp³-hybridized carbons (Fsp3) is 0.364. The van der Waals surface area contributed by atoms with Crippen molar-refractivity contribution in [2.75, 3.05) is 54.4 Å². The van der Waals surface area contributed by atoms with Gasteiger partial charge in [0.25, 0.3) is 0 Å². The highest BCUT2D eigenvalue weighted by atomic mass is 127. The van der Waals surface area contributed by atoms with Crippen LogP contribution in [0, 0.1) is 0 Å². The number of halogens is 1. The molecule has 0 saturated carbocycles. The van der Waals surface area contributed by atoms with E-state index in [-0.39, 0.29) is 36.4 Å². The number of carbonyl (C=O) groups excluding carboxylic acids is 1. The van der Waals surface area contributed by atoms with Gasteiger partial charge >= 0.3 is 0 Å². The Balaban J connectivity index is 0.00000512. The predicted octanol–water partition coefficient (Wildman–Crippen LogP) is 2.98. The summed E-state index contributed by atoms with van der Waals surface area (Å²) in [6.45, 7) is 0.492. The number of methoxy groups -OCH3 is 4. The molecule has 0 fully saturated rings. The minimum Gasteiger partial charge on any atom is -0.497 e. The number of guanidine groups is 1. The van der Waals surface area contributed by atoms with Crippen LogP contribution >= 0.6 is 24.0 Å². The molecule has 0 radical (unpaired) electrons. The molecule has 0 saturated heterocycles. The first kappa shape index (κ1) is 27.1. The van der Waals surface area contributed by atoms with E-state index in [4.69, 9.17) is 18.9 Å². The van der Waals surface area contributed by atoms with Crippen LogP contribution in [0.4, 0.5) is 5.69 Å². The molecular formula is C22H31IN4O5. The Labute approximate surface area is 206 Å². The van der Waals surface area contributed by atoms with Gasteiger partial charge in [0.15, 0.2) is 17.5 Å². The molecule has 2 N–H and O–H groups in total. The zero-order valence-electron chi connectivity index (χ0n) is 19.2. The number of amides is 1. The Hall–Kier alpha value is -2.89. The number of nitrogens with zero attached hydrogens (tertiary/aromatic N) is 2. The van der Waals surface area contributed by atoms with Crippen molar-refractivity contribution in [1.29, 1.82) is 0 Å². The van der Waals surface area contributed by atoms with Gasteiger partial charge in [-0.05, 0) is 17.7 Å². The van der Waals surface area contributed by atoms with Gasteiger partial charge in [0.05, 0.1) is 41.5 Å². The SMILES string of the molecule is COc1ccc(CN=C(NCC(=O)N(C)C)Nc2cc(OC)c(OC)c(OC)c2)cc1.I. The van der Waals surface area contributed by atoms with Crippen LogP contribution in [0.25, 0.3) is 0 Å². The maximum atomic E-state index is 12.0. The van der Waals surface area contributed by atoms with Crippen molar-refractivity contribution in [2.24, 2.45) is 4.99 Å². The molecule has 2 rings (SSSR count). The molecule has 10 heteroatoms. The van der Waals surface area contributed by atoms with Crippen molar-refractivity contribution in [3.8, 4) is 23.0 Å². The zero-order valence-corrected chi connectivity index (χ0v) is 21.6. The molecule has 176 valence electrons.